The summed E-state index contributed by atoms with van der Waals surface area (Å²) >= 11 is 0. The number of nitrogen functional groups attached to an aromatic ring is 1. The Morgan fingerprint density at radius 2 is 2.16 bits per heavy atom. The average Bonchev–Trinajstić information content (AvgIpc) is 2.40. The van der Waals surface area contributed by atoms with E-state index < -0.39 is 0 Å². The molecule has 0 unspecified atom stereocenters. The van der Waals surface area contributed by atoms with Crippen molar-refractivity contribution in [3.8, 4) is 11.3 Å². The van der Waals surface area contributed by atoms with E-state index in [-0.39, 0.29) is 5.95 Å². The van der Waals surface area contributed by atoms with Gasteiger partial charge in [0.1, 0.15) is 0 Å². The Morgan fingerprint density at radius 3 is 2.89 bits per heavy atom. The van der Waals surface area contributed by atoms with Crippen molar-refractivity contribution in [2.24, 2.45) is 5.73 Å². The number of rotatable bonds is 5. The second kappa shape index (κ2) is 6.15. The van der Waals surface area contributed by atoms with Crippen LogP contribution in [0.3, 0.4) is 0 Å². The molecular weight excluding hydrogens is 238 g/mol. The van der Waals surface area contributed by atoms with Gasteiger partial charge in [-0.25, -0.2) is 9.97 Å². The van der Waals surface area contributed by atoms with Crippen molar-refractivity contribution >= 4 is 11.6 Å². The summed E-state index contributed by atoms with van der Waals surface area (Å²) in [6.07, 6.45) is 2.62. The van der Waals surface area contributed by atoms with Crippen LogP contribution in [0.5, 0.6) is 0 Å². The lowest BCUT2D eigenvalue weighted by atomic mass is 10.1. The van der Waals surface area contributed by atoms with Gasteiger partial charge >= 0.3 is 0 Å². The van der Waals surface area contributed by atoms with Crippen molar-refractivity contribution in [3.05, 3.63) is 36.0 Å². The van der Waals surface area contributed by atoms with Crippen molar-refractivity contribution in [2.75, 3.05) is 24.1 Å². The second-order valence-electron chi connectivity index (χ2n) is 4.43. The summed E-state index contributed by atoms with van der Waals surface area (Å²) in [6.45, 7) is 3.50. The predicted molar refractivity (Wildman–Crippen MR) is 78.8 cm³/mol. The van der Waals surface area contributed by atoms with E-state index in [1.54, 1.807) is 6.20 Å². The van der Waals surface area contributed by atoms with E-state index in [0.29, 0.717) is 6.54 Å². The van der Waals surface area contributed by atoms with Crippen molar-refractivity contribution in [3.63, 3.8) is 0 Å². The molecule has 0 bridgehead atoms. The Morgan fingerprint density at radius 1 is 1.32 bits per heavy atom. The quantitative estimate of drug-likeness (QED) is 0.710. The molecule has 5 heteroatoms. The lowest BCUT2D eigenvalue weighted by Crippen LogP contribution is -2.10. The number of aryl methyl sites for hydroxylation is 1. The van der Waals surface area contributed by atoms with Crippen LogP contribution in [-0.2, 0) is 0 Å². The summed E-state index contributed by atoms with van der Waals surface area (Å²) in [5.41, 5.74) is 15.1. The highest BCUT2D eigenvalue weighted by molar-refractivity contribution is 5.74. The number of nitrogens with two attached hydrogens (primary N) is 2. The zero-order valence-corrected chi connectivity index (χ0v) is 11.1. The van der Waals surface area contributed by atoms with Crippen LogP contribution in [-0.4, -0.2) is 23.1 Å². The number of anilines is 2. The molecule has 0 saturated heterocycles. The molecule has 2 rings (SSSR count). The first-order chi connectivity index (χ1) is 9.20. The fourth-order valence-corrected chi connectivity index (χ4v) is 1.86. The standard InChI is InChI=1S/C14H19N5/c1-10-4-2-5-11(8-10)13-12(17-7-3-6-15)9-18-14(16)19-13/h2,4-5,8-9,17H,3,6-7,15H2,1H3,(H2,16,18,19). The van der Waals surface area contributed by atoms with Crippen molar-refractivity contribution in [2.45, 2.75) is 13.3 Å². The van der Waals surface area contributed by atoms with Crippen LogP contribution >= 0.6 is 0 Å². The SMILES string of the molecule is Cc1cccc(-c2nc(N)ncc2NCCCN)c1. The van der Waals surface area contributed by atoms with Gasteiger partial charge in [0.25, 0.3) is 0 Å². The smallest absolute Gasteiger partial charge is 0.220 e. The van der Waals surface area contributed by atoms with E-state index in [1.807, 2.05) is 12.1 Å². The predicted octanol–water partition coefficient (Wildman–Crippen LogP) is 1.79. The molecular formula is C14H19N5. The maximum atomic E-state index is 5.69. The largest absolute Gasteiger partial charge is 0.382 e. The minimum absolute atomic E-state index is 0.279. The highest BCUT2D eigenvalue weighted by Gasteiger charge is 2.08. The number of benzene rings is 1. The van der Waals surface area contributed by atoms with Gasteiger partial charge in [0.15, 0.2) is 0 Å². The Bertz CT molecular complexity index is 553. The van der Waals surface area contributed by atoms with Gasteiger partial charge in [0, 0.05) is 12.1 Å². The van der Waals surface area contributed by atoms with Gasteiger partial charge < -0.3 is 16.8 Å². The average molecular weight is 257 g/mol. The first-order valence-corrected chi connectivity index (χ1v) is 6.34. The number of hydrogen-bond donors (Lipinski definition) is 3. The molecule has 0 aliphatic heterocycles. The number of nitrogens with one attached hydrogen (secondary N) is 1. The number of hydrogen-bond acceptors (Lipinski definition) is 5. The van der Waals surface area contributed by atoms with Gasteiger partial charge in [-0.2, -0.15) is 0 Å². The van der Waals surface area contributed by atoms with Gasteiger partial charge in [0.05, 0.1) is 17.6 Å². The molecule has 0 aliphatic rings. The topological polar surface area (TPSA) is 89.8 Å². The number of nitrogens with zero attached hydrogens (tertiary/aromatic N) is 2. The van der Waals surface area contributed by atoms with E-state index in [4.69, 9.17) is 11.5 Å². The maximum Gasteiger partial charge on any atom is 0.220 e. The molecule has 2 aromatic rings. The van der Waals surface area contributed by atoms with E-state index in [1.165, 1.54) is 5.56 Å². The third-order valence-electron chi connectivity index (χ3n) is 2.80. The minimum atomic E-state index is 0.279. The normalized spacial score (nSPS) is 10.4. The lowest BCUT2D eigenvalue weighted by molar-refractivity contribution is 0.873. The third kappa shape index (κ3) is 3.42. The molecule has 100 valence electrons. The van der Waals surface area contributed by atoms with Crippen LogP contribution < -0.4 is 16.8 Å². The molecule has 1 heterocycles. The zero-order valence-electron chi connectivity index (χ0n) is 11.1. The van der Waals surface area contributed by atoms with Gasteiger partial charge in [-0.15, -0.1) is 0 Å². The van der Waals surface area contributed by atoms with Crippen LogP contribution in [0, 0.1) is 6.92 Å². The van der Waals surface area contributed by atoms with E-state index in [2.05, 4.69) is 34.3 Å². The zero-order chi connectivity index (χ0) is 13.7. The monoisotopic (exact) mass is 257 g/mol. The minimum Gasteiger partial charge on any atom is -0.382 e. The van der Waals surface area contributed by atoms with Crippen LogP contribution in [0.4, 0.5) is 11.6 Å². The molecule has 5 N–H and O–H groups in total. The molecule has 0 saturated carbocycles. The van der Waals surface area contributed by atoms with Crippen molar-refractivity contribution < 1.29 is 0 Å². The first-order valence-electron chi connectivity index (χ1n) is 6.34. The van der Waals surface area contributed by atoms with Gasteiger partial charge in [-0.1, -0.05) is 23.8 Å². The summed E-state index contributed by atoms with van der Waals surface area (Å²) in [5.74, 6) is 0.279. The van der Waals surface area contributed by atoms with Gasteiger partial charge in [0.2, 0.25) is 5.95 Å². The third-order valence-corrected chi connectivity index (χ3v) is 2.80. The van der Waals surface area contributed by atoms with Crippen molar-refractivity contribution in [1.82, 2.24) is 9.97 Å². The fourth-order valence-electron chi connectivity index (χ4n) is 1.86. The van der Waals surface area contributed by atoms with Gasteiger partial charge in [-0.05, 0) is 26.0 Å². The second-order valence-corrected chi connectivity index (χ2v) is 4.43. The van der Waals surface area contributed by atoms with Crippen molar-refractivity contribution in [1.29, 1.82) is 0 Å². The molecule has 0 spiro atoms. The molecule has 0 fully saturated rings. The Labute approximate surface area is 113 Å². The maximum absolute atomic E-state index is 5.69. The highest BCUT2D eigenvalue weighted by atomic mass is 15.0. The summed E-state index contributed by atoms with van der Waals surface area (Å²) in [7, 11) is 0. The van der Waals surface area contributed by atoms with E-state index >= 15 is 0 Å². The summed E-state index contributed by atoms with van der Waals surface area (Å²) in [5, 5.41) is 3.30. The Kier molecular flexibility index (Phi) is 4.30. The van der Waals surface area contributed by atoms with Crippen LogP contribution in [0.1, 0.15) is 12.0 Å². The summed E-state index contributed by atoms with van der Waals surface area (Å²) in [6, 6.07) is 8.15. The van der Waals surface area contributed by atoms with Crippen LogP contribution in [0.25, 0.3) is 11.3 Å². The fraction of sp³-hybridized carbons (Fsp3) is 0.286. The van der Waals surface area contributed by atoms with E-state index in [9.17, 15) is 0 Å². The molecule has 0 aliphatic carbocycles. The highest BCUT2D eigenvalue weighted by Crippen LogP contribution is 2.26. The lowest BCUT2D eigenvalue weighted by Gasteiger charge is -2.11. The molecule has 0 atom stereocenters. The van der Waals surface area contributed by atoms with Gasteiger partial charge in [-0.3, -0.25) is 0 Å². The summed E-state index contributed by atoms with van der Waals surface area (Å²) in [4.78, 5) is 8.38. The number of aromatic nitrogens is 2. The summed E-state index contributed by atoms with van der Waals surface area (Å²) < 4.78 is 0. The van der Waals surface area contributed by atoms with Crippen LogP contribution in [0.2, 0.25) is 0 Å². The van der Waals surface area contributed by atoms with Crippen LogP contribution in [0.15, 0.2) is 30.5 Å². The Balaban J connectivity index is 2.34. The molecule has 1 aromatic heterocycles. The molecule has 0 radical (unpaired) electrons. The van der Waals surface area contributed by atoms with E-state index in [0.717, 1.165) is 29.9 Å². The molecule has 1 aromatic carbocycles. The first kappa shape index (κ1) is 13.3. The molecule has 5 nitrogen and oxygen atoms in total. The Hall–Kier alpha value is -2.14. The molecule has 0 amide bonds. The molecule has 19 heavy (non-hydrogen) atoms.